The van der Waals surface area contributed by atoms with Crippen molar-refractivity contribution < 1.29 is 4.79 Å². The minimum absolute atomic E-state index is 0.119. The first-order valence-electron chi connectivity index (χ1n) is 6.24. The van der Waals surface area contributed by atoms with E-state index < -0.39 is 0 Å². The number of benzene rings is 1. The lowest BCUT2D eigenvalue weighted by Crippen LogP contribution is -2.22. The third-order valence-electron chi connectivity index (χ3n) is 2.95. The van der Waals surface area contributed by atoms with Gasteiger partial charge in [-0.3, -0.25) is 9.89 Å². The molecule has 2 N–H and O–H groups in total. The summed E-state index contributed by atoms with van der Waals surface area (Å²) in [5.41, 5.74) is 2.26. The van der Waals surface area contributed by atoms with Crippen LogP contribution in [0.25, 0.3) is 11.3 Å². The molecule has 2 aromatic heterocycles. The fourth-order valence-corrected chi connectivity index (χ4v) is 2.60. The van der Waals surface area contributed by atoms with Crippen LogP contribution in [0.2, 0.25) is 0 Å². The summed E-state index contributed by atoms with van der Waals surface area (Å²) in [6.07, 6.45) is 1.56. The van der Waals surface area contributed by atoms with E-state index in [1.807, 2.05) is 47.8 Å². The molecular weight excluding hydrogens is 270 g/mol. The second kappa shape index (κ2) is 5.71. The topological polar surface area (TPSA) is 57.8 Å². The molecule has 0 aliphatic rings. The van der Waals surface area contributed by atoms with Crippen molar-refractivity contribution in [3.63, 3.8) is 0 Å². The molecule has 0 fully saturated rings. The quantitative estimate of drug-likeness (QED) is 0.773. The molecular formula is C15H13N3OS. The Hall–Kier alpha value is -2.40. The molecule has 3 rings (SSSR count). The van der Waals surface area contributed by atoms with Crippen LogP contribution in [0.5, 0.6) is 0 Å². The molecule has 0 bridgehead atoms. The van der Waals surface area contributed by atoms with Gasteiger partial charge in [-0.1, -0.05) is 36.4 Å². The van der Waals surface area contributed by atoms with Crippen molar-refractivity contribution in [3.05, 3.63) is 64.5 Å². The van der Waals surface area contributed by atoms with Crippen LogP contribution >= 0.6 is 11.3 Å². The third-order valence-corrected chi connectivity index (χ3v) is 3.83. The van der Waals surface area contributed by atoms with E-state index in [9.17, 15) is 4.79 Å². The zero-order valence-electron chi connectivity index (χ0n) is 10.7. The number of aromatic nitrogens is 2. The number of carbonyl (C=O) groups excluding carboxylic acids is 1. The molecule has 1 aromatic carbocycles. The second-order valence-electron chi connectivity index (χ2n) is 4.29. The Morgan fingerprint density at radius 1 is 1.20 bits per heavy atom. The first kappa shape index (κ1) is 12.6. The largest absolute Gasteiger partial charge is 0.347 e. The average Bonchev–Trinajstić information content (AvgIpc) is 3.17. The molecule has 2 heterocycles. The van der Waals surface area contributed by atoms with Crippen molar-refractivity contribution in [2.45, 2.75) is 6.54 Å². The van der Waals surface area contributed by atoms with E-state index in [-0.39, 0.29) is 5.91 Å². The molecule has 0 saturated heterocycles. The highest BCUT2D eigenvalue weighted by Gasteiger charge is 2.14. The number of carbonyl (C=O) groups is 1. The predicted octanol–water partition coefficient (Wildman–Crippen LogP) is 3.07. The van der Waals surface area contributed by atoms with Gasteiger partial charge >= 0.3 is 0 Å². The van der Waals surface area contributed by atoms with Crippen molar-refractivity contribution in [1.82, 2.24) is 15.5 Å². The van der Waals surface area contributed by atoms with E-state index in [1.165, 1.54) is 0 Å². The van der Waals surface area contributed by atoms with Crippen molar-refractivity contribution in [2.24, 2.45) is 0 Å². The molecule has 100 valence electrons. The molecule has 3 aromatic rings. The molecule has 0 aliphatic carbocycles. The Kier molecular flexibility index (Phi) is 3.60. The molecule has 0 atom stereocenters. The summed E-state index contributed by atoms with van der Waals surface area (Å²) in [7, 11) is 0. The van der Waals surface area contributed by atoms with Crippen LogP contribution in [-0.2, 0) is 6.54 Å². The highest BCUT2D eigenvalue weighted by Crippen LogP contribution is 2.20. The van der Waals surface area contributed by atoms with E-state index in [4.69, 9.17) is 0 Å². The number of amides is 1. The Bertz CT molecular complexity index is 689. The summed E-state index contributed by atoms with van der Waals surface area (Å²) >= 11 is 1.62. The summed E-state index contributed by atoms with van der Waals surface area (Å²) in [4.78, 5) is 13.4. The van der Waals surface area contributed by atoms with Gasteiger partial charge in [0.1, 0.15) is 0 Å². The van der Waals surface area contributed by atoms with Gasteiger partial charge in [0, 0.05) is 10.4 Å². The van der Waals surface area contributed by atoms with Crippen molar-refractivity contribution in [1.29, 1.82) is 0 Å². The molecule has 5 heteroatoms. The molecule has 0 radical (unpaired) electrons. The summed E-state index contributed by atoms with van der Waals surface area (Å²) in [6, 6.07) is 13.7. The van der Waals surface area contributed by atoms with Crippen LogP contribution in [0.15, 0.2) is 54.0 Å². The molecule has 4 nitrogen and oxygen atoms in total. The van der Waals surface area contributed by atoms with E-state index in [1.54, 1.807) is 17.5 Å². The minimum atomic E-state index is -0.119. The maximum Gasteiger partial charge on any atom is 0.255 e. The Labute approximate surface area is 120 Å². The van der Waals surface area contributed by atoms with Gasteiger partial charge in [-0.2, -0.15) is 5.10 Å². The summed E-state index contributed by atoms with van der Waals surface area (Å²) in [5, 5.41) is 11.8. The lowest BCUT2D eigenvalue weighted by Gasteiger charge is -2.04. The number of hydrogen-bond donors (Lipinski definition) is 2. The maximum atomic E-state index is 12.2. The van der Waals surface area contributed by atoms with E-state index in [2.05, 4.69) is 15.5 Å². The van der Waals surface area contributed by atoms with Gasteiger partial charge < -0.3 is 5.32 Å². The number of H-pyrrole nitrogens is 1. The zero-order valence-corrected chi connectivity index (χ0v) is 11.5. The second-order valence-corrected chi connectivity index (χ2v) is 5.32. The molecule has 0 saturated carbocycles. The van der Waals surface area contributed by atoms with Crippen molar-refractivity contribution in [3.8, 4) is 11.3 Å². The Morgan fingerprint density at radius 2 is 2.05 bits per heavy atom. The van der Waals surface area contributed by atoms with Gasteiger partial charge in [-0.05, 0) is 11.4 Å². The number of rotatable bonds is 4. The molecule has 0 spiro atoms. The van der Waals surface area contributed by atoms with Crippen LogP contribution in [0.3, 0.4) is 0 Å². The highest BCUT2D eigenvalue weighted by atomic mass is 32.1. The van der Waals surface area contributed by atoms with Crippen LogP contribution in [0, 0.1) is 0 Å². The molecule has 20 heavy (non-hydrogen) atoms. The lowest BCUT2D eigenvalue weighted by atomic mass is 10.1. The van der Waals surface area contributed by atoms with E-state index in [0.29, 0.717) is 12.1 Å². The molecule has 0 aliphatic heterocycles. The Balaban J connectivity index is 1.77. The SMILES string of the molecule is O=C(NCc1cccs1)c1cn[nH]c1-c1ccccc1. The van der Waals surface area contributed by atoms with Crippen LogP contribution in [0.1, 0.15) is 15.2 Å². The summed E-state index contributed by atoms with van der Waals surface area (Å²) in [5.74, 6) is -0.119. The van der Waals surface area contributed by atoms with E-state index in [0.717, 1.165) is 16.1 Å². The van der Waals surface area contributed by atoms with Crippen LogP contribution in [-0.4, -0.2) is 16.1 Å². The first-order chi connectivity index (χ1) is 9.84. The van der Waals surface area contributed by atoms with Gasteiger partial charge in [-0.25, -0.2) is 0 Å². The Morgan fingerprint density at radius 3 is 2.80 bits per heavy atom. The monoisotopic (exact) mass is 283 g/mol. The van der Waals surface area contributed by atoms with Crippen LogP contribution in [0.4, 0.5) is 0 Å². The number of hydrogen-bond acceptors (Lipinski definition) is 3. The van der Waals surface area contributed by atoms with E-state index >= 15 is 0 Å². The number of thiophene rings is 1. The van der Waals surface area contributed by atoms with Gasteiger partial charge in [0.15, 0.2) is 0 Å². The number of nitrogens with one attached hydrogen (secondary N) is 2. The fraction of sp³-hybridized carbons (Fsp3) is 0.0667. The van der Waals surface area contributed by atoms with Gasteiger partial charge in [-0.15, -0.1) is 11.3 Å². The first-order valence-corrected chi connectivity index (χ1v) is 7.12. The highest BCUT2D eigenvalue weighted by molar-refractivity contribution is 7.09. The van der Waals surface area contributed by atoms with Crippen LogP contribution < -0.4 is 5.32 Å². The minimum Gasteiger partial charge on any atom is -0.347 e. The standard InChI is InChI=1S/C15H13N3OS/c19-15(16-9-12-7-4-8-20-12)13-10-17-18-14(13)11-5-2-1-3-6-11/h1-8,10H,9H2,(H,16,19)(H,17,18). The average molecular weight is 283 g/mol. The van der Waals surface area contributed by atoms with Gasteiger partial charge in [0.25, 0.3) is 5.91 Å². The number of nitrogens with zero attached hydrogens (tertiary/aromatic N) is 1. The molecule has 0 unspecified atom stereocenters. The number of aromatic amines is 1. The molecule has 1 amide bonds. The van der Waals surface area contributed by atoms with Crippen molar-refractivity contribution in [2.75, 3.05) is 0 Å². The summed E-state index contributed by atoms with van der Waals surface area (Å²) < 4.78 is 0. The van der Waals surface area contributed by atoms with Gasteiger partial charge in [0.05, 0.1) is 24.0 Å². The fourth-order valence-electron chi connectivity index (χ4n) is 1.96. The van der Waals surface area contributed by atoms with Crippen molar-refractivity contribution >= 4 is 17.2 Å². The summed E-state index contributed by atoms with van der Waals surface area (Å²) in [6.45, 7) is 0.538. The van der Waals surface area contributed by atoms with Gasteiger partial charge in [0.2, 0.25) is 0 Å². The smallest absolute Gasteiger partial charge is 0.255 e. The normalized spacial score (nSPS) is 10.4. The predicted molar refractivity (Wildman–Crippen MR) is 79.5 cm³/mol. The maximum absolute atomic E-state index is 12.2. The lowest BCUT2D eigenvalue weighted by molar-refractivity contribution is 0.0952. The third kappa shape index (κ3) is 2.62. The zero-order chi connectivity index (χ0) is 13.8.